The lowest BCUT2D eigenvalue weighted by Gasteiger charge is -2.44. The molecule has 3 unspecified atom stereocenters. The third-order valence-corrected chi connectivity index (χ3v) is 4.26. The third kappa shape index (κ3) is 2.54. The van der Waals surface area contributed by atoms with Crippen molar-refractivity contribution in [3.8, 4) is 0 Å². The van der Waals surface area contributed by atoms with Crippen LogP contribution < -0.4 is 0 Å². The van der Waals surface area contributed by atoms with Crippen molar-refractivity contribution in [2.45, 2.75) is 76.5 Å². The molecule has 2 nitrogen and oxygen atoms in total. The zero-order valence-corrected chi connectivity index (χ0v) is 9.99. The summed E-state index contributed by atoms with van der Waals surface area (Å²) in [4.78, 5) is 2.62. The molecular formula is C13H25NO. The first-order chi connectivity index (χ1) is 7.33. The van der Waals surface area contributed by atoms with E-state index >= 15 is 0 Å². The van der Waals surface area contributed by atoms with E-state index < -0.39 is 0 Å². The lowest BCUT2D eigenvalue weighted by Crippen LogP contribution is -2.52. The summed E-state index contributed by atoms with van der Waals surface area (Å²) < 4.78 is 0. The van der Waals surface area contributed by atoms with E-state index in [0.717, 1.165) is 12.5 Å². The van der Waals surface area contributed by atoms with E-state index in [1.165, 1.54) is 51.5 Å². The number of hydrogen-bond donors (Lipinski definition) is 1. The first kappa shape index (κ1) is 11.4. The molecule has 2 aliphatic rings. The number of aliphatic hydroxyl groups is 1. The monoisotopic (exact) mass is 211 g/mol. The van der Waals surface area contributed by atoms with Gasteiger partial charge in [-0.2, -0.15) is 0 Å². The van der Waals surface area contributed by atoms with Crippen LogP contribution >= 0.6 is 0 Å². The summed E-state index contributed by atoms with van der Waals surface area (Å²) in [6.07, 6.45) is 10.1. The van der Waals surface area contributed by atoms with Gasteiger partial charge in [0.1, 0.15) is 0 Å². The molecule has 0 bridgehead atoms. The molecule has 0 aromatic carbocycles. The fourth-order valence-electron chi connectivity index (χ4n) is 3.38. The molecule has 0 spiro atoms. The molecule has 0 radical (unpaired) electrons. The second kappa shape index (κ2) is 5.31. The number of nitrogens with zero attached hydrogens (tertiary/aromatic N) is 1. The zero-order chi connectivity index (χ0) is 10.7. The average Bonchev–Trinajstić information content (AvgIpc) is 2.30. The lowest BCUT2D eigenvalue weighted by molar-refractivity contribution is -0.0157. The maximum atomic E-state index is 10.1. The Morgan fingerprint density at radius 2 is 1.80 bits per heavy atom. The molecule has 1 saturated heterocycles. The van der Waals surface area contributed by atoms with Crippen LogP contribution in [0.25, 0.3) is 0 Å². The summed E-state index contributed by atoms with van der Waals surface area (Å²) in [7, 11) is 0. The highest BCUT2D eigenvalue weighted by Gasteiger charge is 2.33. The molecule has 3 atom stereocenters. The average molecular weight is 211 g/mol. The molecule has 1 aliphatic heterocycles. The molecule has 0 aromatic heterocycles. The van der Waals surface area contributed by atoms with Gasteiger partial charge in [-0.25, -0.2) is 0 Å². The molecule has 88 valence electrons. The first-order valence-corrected chi connectivity index (χ1v) is 6.76. The van der Waals surface area contributed by atoms with Gasteiger partial charge in [0, 0.05) is 12.1 Å². The minimum atomic E-state index is -0.0501. The van der Waals surface area contributed by atoms with Crippen LogP contribution in [0.15, 0.2) is 0 Å². The van der Waals surface area contributed by atoms with E-state index in [-0.39, 0.29) is 6.10 Å². The van der Waals surface area contributed by atoms with Crippen molar-refractivity contribution in [1.29, 1.82) is 0 Å². The van der Waals surface area contributed by atoms with Crippen molar-refractivity contribution in [2.24, 2.45) is 0 Å². The Hall–Kier alpha value is -0.0800. The van der Waals surface area contributed by atoms with Crippen LogP contribution in [0.3, 0.4) is 0 Å². The van der Waals surface area contributed by atoms with Gasteiger partial charge in [0.05, 0.1) is 6.10 Å². The number of aliphatic hydroxyl groups excluding tert-OH is 1. The van der Waals surface area contributed by atoms with Gasteiger partial charge in [0.2, 0.25) is 0 Å². The zero-order valence-electron chi connectivity index (χ0n) is 9.99. The Morgan fingerprint density at radius 3 is 2.53 bits per heavy atom. The minimum absolute atomic E-state index is 0.0501. The van der Waals surface area contributed by atoms with Crippen LogP contribution in [0, 0.1) is 0 Å². The molecule has 2 heteroatoms. The highest BCUT2D eigenvalue weighted by atomic mass is 16.3. The lowest BCUT2D eigenvalue weighted by atomic mass is 9.87. The SMILES string of the molecule is CCC1CCCCN1C1CCCCC1O. The quantitative estimate of drug-likeness (QED) is 0.759. The van der Waals surface area contributed by atoms with Gasteiger partial charge >= 0.3 is 0 Å². The molecule has 15 heavy (non-hydrogen) atoms. The van der Waals surface area contributed by atoms with Gasteiger partial charge in [-0.15, -0.1) is 0 Å². The number of piperidine rings is 1. The van der Waals surface area contributed by atoms with E-state index in [1.807, 2.05) is 0 Å². The number of hydrogen-bond acceptors (Lipinski definition) is 2. The maximum Gasteiger partial charge on any atom is 0.0695 e. The van der Waals surface area contributed by atoms with Gasteiger partial charge in [0.25, 0.3) is 0 Å². The Bertz CT molecular complexity index is 195. The largest absolute Gasteiger partial charge is 0.391 e. The highest BCUT2D eigenvalue weighted by molar-refractivity contribution is 4.88. The topological polar surface area (TPSA) is 23.5 Å². The molecule has 1 saturated carbocycles. The standard InChI is InChI=1S/C13H25NO/c1-2-11-7-5-6-10-14(11)12-8-3-4-9-13(12)15/h11-13,15H,2-10H2,1H3. The summed E-state index contributed by atoms with van der Waals surface area (Å²) in [6, 6.07) is 1.22. The van der Waals surface area contributed by atoms with Gasteiger partial charge < -0.3 is 5.11 Å². The summed E-state index contributed by atoms with van der Waals surface area (Å²) in [5.74, 6) is 0. The second-order valence-electron chi connectivity index (χ2n) is 5.21. The first-order valence-electron chi connectivity index (χ1n) is 6.76. The molecule has 2 rings (SSSR count). The summed E-state index contributed by atoms with van der Waals surface area (Å²) in [5, 5.41) is 10.1. The Balaban J connectivity index is 1.99. The number of rotatable bonds is 2. The Kier molecular flexibility index (Phi) is 4.04. The van der Waals surface area contributed by atoms with Crippen molar-refractivity contribution in [3.05, 3.63) is 0 Å². The van der Waals surface area contributed by atoms with Gasteiger partial charge in [-0.1, -0.05) is 26.2 Å². The van der Waals surface area contributed by atoms with Crippen molar-refractivity contribution in [3.63, 3.8) is 0 Å². The van der Waals surface area contributed by atoms with E-state index in [0.29, 0.717) is 6.04 Å². The summed E-state index contributed by atoms with van der Waals surface area (Å²) in [5.41, 5.74) is 0. The predicted octanol–water partition coefficient (Wildman–Crippen LogP) is 2.55. The van der Waals surface area contributed by atoms with Crippen LogP contribution in [0.4, 0.5) is 0 Å². The Labute approximate surface area is 93.7 Å². The molecule has 0 amide bonds. The van der Waals surface area contributed by atoms with E-state index in [4.69, 9.17) is 0 Å². The van der Waals surface area contributed by atoms with Crippen LogP contribution in [-0.4, -0.2) is 34.7 Å². The summed E-state index contributed by atoms with van der Waals surface area (Å²) in [6.45, 7) is 3.51. The maximum absolute atomic E-state index is 10.1. The van der Waals surface area contributed by atoms with Crippen LogP contribution in [0.2, 0.25) is 0 Å². The number of likely N-dealkylation sites (tertiary alicyclic amines) is 1. The van der Waals surface area contributed by atoms with Crippen molar-refractivity contribution < 1.29 is 5.11 Å². The fraction of sp³-hybridized carbons (Fsp3) is 1.00. The van der Waals surface area contributed by atoms with Crippen LogP contribution in [0.1, 0.15) is 58.3 Å². The molecule has 2 fully saturated rings. The smallest absolute Gasteiger partial charge is 0.0695 e. The second-order valence-corrected chi connectivity index (χ2v) is 5.21. The Morgan fingerprint density at radius 1 is 1.07 bits per heavy atom. The fourth-order valence-corrected chi connectivity index (χ4v) is 3.38. The van der Waals surface area contributed by atoms with E-state index in [2.05, 4.69) is 11.8 Å². The summed E-state index contributed by atoms with van der Waals surface area (Å²) >= 11 is 0. The third-order valence-electron chi connectivity index (χ3n) is 4.26. The minimum Gasteiger partial charge on any atom is -0.391 e. The molecular weight excluding hydrogens is 186 g/mol. The van der Waals surface area contributed by atoms with E-state index in [1.54, 1.807) is 0 Å². The molecule has 1 N–H and O–H groups in total. The van der Waals surface area contributed by atoms with Crippen molar-refractivity contribution >= 4 is 0 Å². The van der Waals surface area contributed by atoms with Crippen molar-refractivity contribution in [1.82, 2.24) is 4.90 Å². The molecule has 0 aromatic rings. The molecule has 1 aliphatic carbocycles. The normalized spacial score (nSPS) is 39.2. The molecule has 1 heterocycles. The van der Waals surface area contributed by atoms with Crippen LogP contribution in [-0.2, 0) is 0 Å². The van der Waals surface area contributed by atoms with E-state index in [9.17, 15) is 5.11 Å². The van der Waals surface area contributed by atoms with Crippen molar-refractivity contribution in [2.75, 3.05) is 6.54 Å². The van der Waals surface area contributed by atoms with Crippen LogP contribution in [0.5, 0.6) is 0 Å². The predicted molar refractivity (Wildman–Crippen MR) is 62.9 cm³/mol. The highest BCUT2D eigenvalue weighted by Crippen LogP contribution is 2.29. The van der Waals surface area contributed by atoms with Gasteiger partial charge in [-0.3, -0.25) is 4.90 Å². The van der Waals surface area contributed by atoms with Gasteiger partial charge in [-0.05, 0) is 38.6 Å². The van der Waals surface area contributed by atoms with Gasteiger partial charge in [0.15, 0.2) is 0 Å².